The van der Waals surface area contributed by atoms with E-state index in [1.54, 1.807) is 6.07 Å². The van der Waals surface area contributed by atoms with Crippen LogP contribution >= 0.6 is 0 Å². The van der Waals surface area contributed by atoms with Gasteiger partial charge < -0.3 is 10.1 Å². The Morgan fingerprint density at radius 3 is 2.67 bits per heavy atom. The largest absolute Gasteiger partial charge is 0.378 e. The summed E-state index contributed by atoms with van der Waals surface area (Å²) in [6.07, 6.45) is 1.28. The zero-order chi connectivity index (χ0) is 14.8. The molecule has 0 aliphatic carbocycles. The number of nitrogens with one attached hydrogen (secondary N) is 1. The highest BCUT2D eigenvalue weighted by molar-refractivity contribution is 5.86. The molecule has 3 rings (SSSR count). The van der Waals surface area contributed by atoms with Gasteiger partial charge >= 0.3 is 0 Å². The topological polar surface area (TPSA) is 21.3 Å². The van der Waals surface area contributed by atoms with E-state index in [0.29, 0.717) is 11.3 Å². The molecule has 3 heteroatoms. The highest BCUT2D eigenvalue weighted by atomic mass is 19.1. The SMILES string of the molecule is CCNC(c1ccc(F)c2ccccc12)C1CCOC1C. The van der Waals surface area contributed by atoms with Crippen LogP contribution in [0.15, 0.2) is 36.4 Å². The van der Waals surface area contributed by atoms with Crippen molar-refractivity contribution in [3.05, 3.63) is 47.8 Å². The van der Waals surface area contributed by atoms with E-state index in [1.165, 1.54) is 5.56 Å². The van der Waals surface area contributed by atoms with Crippen molar-refractivity contribution < 1.29 is 9.13 Å². The molecule has 0 bridgehead atoms. The lowest BCUT2D eigenvalue weighted by atomic mass is 9.86. The van der Waals surface area contributed by atoms with Crippen LogP contribution in [-0.4, -0.2) is 19.3 Å². The second kappa shape index (κ2) is 6.12. The molecule has 2 aromatic carbocycles. The number of fused-ring (bicyclic) bond motifs is 1. The van der Waals surface area contributed by atoms with E-state index >= 15 is 0 Å². The normalized spacial score (nSPS) is 23.6. The number of rotatable bonds is 4. The van der Waals surface area contributed by atoms with Gasteiger partial charge in [0.25, 0.3) is 0 Å². The fourth-order valence-electron chi connectivity index (χ4n) is 3.45. The predicted molar refractivity (Wildman–Crippen MR) is 83.8 cm³/mol. The average Bonchev–Trinajstić information content (AvgIpc) is 2.92. The first-order chi connectivity index (χ1) is 10.2. The van der Waals surface area contributed by atoms with Gasteiger partial charge in [-0.25, -0.2) is 4.39 Å². The monoisotopic (exact) mass is 287 g/mol. The van der Waals surface area contributed by atoms with E-state index in [1.807, 2.05) is 30.3 Å². The van der Waals surface area contributed by atoms with Gasteiger partial charge in [-0.1, -0.05) is 37.3 Å². The third-order valence-electron chi connectivity index (χ3n) is 4.53. The van der Waals surface area contributed by atoms with Crippen LogP contribution in [0.25, 0.3) is 10.8 Å². The van der Waals surface area contributed by atoms with E-state index < -0.39 is 0 Å². The van der Waals surface area contributed by atoms with Crippen molar-refractivity contribution in [2.75, 3.05) is 13.2 Å². The standard InChI is InChI=1S/C18H22FNO/c1-3-20-18(13-10-11-21-12(13)2)16-8-9-17(19)15-7-5-4-6-14(15)16/h4-9,12-13,18,20H,3,10-11H2,1-2H3. The van der Waals surface area contributed by atoms with Gasteiger partial charge in [-0.3, -0.25) is 0 Å². The van der Waals surface area contributed by atoms with Crippen LogP contribution in [0.5, 0.6) is 0 Å². The van der Waals surface area contributed by atoms with Crippen molar-refractivity contribution in [3.63, 3.8) is 0 Å². The summed E-state index contributed by atoms with van der Waals surface area (Å²) >= 11 is 0. The van der Waals surface area contributed by atoms with Gasteiger partial charge in [-0.15, -0.1) is 0 Å². The summed E-state index contributed by atoms with van der Waals surface area (Å²) in [5, 5.41) is 5.28. The van der Waals surface area contributed by atoms with Crippen LogP contribution in [0.4, 0.5) is 4.39 Å². The van der Waals surface area contributed by atoms with Crippen LogP contribution in [0.1, 0.15) is 31.9 Å². The van der Waals surface area contributed by atoms with Crippen LogP contribution < -0.4 is 5.32 Å². The van der Waals surface area contributed by atoms with Crippen LogP contribution in [0.3, 0.4) is 0 Å². The third-order valence-corrected chi connectivity index (χ3v) is 4.53. The summed E-state index contributed by atoms with van der Waals surface area (Å²) in [5.41, 5.74) is 1.18. The van der Waals surface area contributed by atoms with Crippen LogP contribution in [0, 0.1) is 11.7 Å². The second-order valence-electron chi connectivity index (χ2n) is 5.75. The molecule has 0 saturated carbocycles. The molecule has 1 heterocycles. The van der Waals surface area contributed by atoms with Gasteiger partial charge in [0.1, 0.15) is 5.82 Å². The number of hydrogen-bond acceptors (Lipinski definition) is 2. The van der Waals surface area contributed by atoms with Gasteiger partial charge in [-0.2, -0.15) is 0 Å². The number of ether oxygens (including phenoxy) is 1. The fourth-order valence-corrected chi connectivity index (χ4v) is 3.45. The number of halogens is 1. The first-order valence-corrected chi connectivity index (χ1v) is 7.74. The van der Waals surface area contributed by atoms with Gasteiger partial charge in [0.15, 0.2) is 0 Å². The summed E-state index contributed by atoms with van der Waals surface area (Å²) in [4.78, 5) is 0. The summed E-state index contributed by atoms with van der Waals surface area (Å²) in [5.74, 6) is 0.277. The molecule has 112 valence electrons. The lowest BCUT2D eigenvalue weighted by Crippen LogP contribution is -2.32. The Morgan fingerprint density at radius 2 is 2.00 bits per heavy atom. The molecular weight excluding hydrogens is 265 g/mol. The van der Waals surface area contributed by atoms with Gasteiger partial charge in [0.05, 0.1) is 6.10 Å². The van der Waals surface area contributed by atoms with E-state index in [-0.39, 0.29) is 18.0 Å². The highest BCUT2D eigenvalue weighted by Gasteiger charge is 2.33. The molecule has 0 aromatic heterocycles. The molecule has 21 heavy (non-hydrogen) atoms. The molecule has 1 saturated heterocycles. The smallest absolute Gasteiger partial charge is 0.131 e. The molecule has 3 atom stereocenters. The molecule has 1 N–H and O–H groups in total. The molecule has 2 aromatic rings. The Morgan fingerprint density at radius 1 is 1.24 bits per heavy atom. The first kappa shape index (κ1) is 14.5. The van der Waals surface area contributed by atoms with Crippen molar-refractivity contribution >= 4 is 10.8 Å². The molecule has 1 aliphatic heterocycles. The van der Waals surface area contributed by atoms with E-state index in [0.717, 1.165) is 25.0 Å². The number of hydrogen-bond donors (Lipinski definition) is 1. The van der Waals surface area contributed by atoms with Crippen molar-refractivity contribution in [3.8, 4) is 0 Å². The molecule has 0 amide bonds. The molecule has 2 nitrogen and oxygen atoms in total. The van der Waals surface area contributed by atoms with Gasteiger partial charge in [0, 0.05) is 24.0 Å². The zero-order valence-corrected chi connectivity index (χ0v) is 12.6. The summed E-state index contributed by atoms with van der Waals surface area (Å²) in [7, 11) is 0. The Hall–Kier alpha value is -1.45. The quantitative estimate of drug-likeness (QED) is 0.916. The predicted octanol–water partition coefficient (Wildman–Crippen LogP) is 4.05. The van der Waals surface area contributed by atoms with E-state index in [2.05, 4.69) is 19.2 Å². The molecular formula is C18H22FNO. The minimum atomic E-state index is -0.152. The van der Waals surface area contributed by atoms with E-state index in [4.69, 9.17) is 4.74 Å². The lowest BCUT2D eigenvalue weighted by molar-refractivity contribution is 0.0957. The summed E-state index contributed by atoms with van der Waals surface area (Å²) in [6, 6.07) is 11.4. The molecule has 1 aliphatic rings. The van der Waals surface area contributed by atoms with Crippen LogP contribution in [-0.2, 0) is 4.74 Å². The minimum Gasteiger partial charge on any atom is -0.378 e. The van der Waals surface area contributed by atoms with Crippen molar-refractivity contribution in [1.82, 2.24) is 5.32 Å². The highest BCUT2D eigenvalue weighted by Crippen LogP contribution is 2.36. The average molecular weight is 287 g/mol. The molecule has 0 spiro atoms. The first-order valence-electron chi connectivity index (χ1n) is 7.74. The van der Waals surface area contributed by atoms with Gasteiger partial charge in [-0.05, 0) is 36.9 Å². The van der Waals surface area contributed by atoms with Crippen molar-refractivity contribution in [2.24, 2.45) is 5.92 Å². The summed E-state index contributed by atoms with van der Waals surface area (Å²) < 4.78 is 19.8. The van der Waals surface area contributed by atoms with Crippen molar-refractivity contribution in [1.29, 1.82) is 0 Å². The Kier molecular flexibility index (Phi) is 4.22. The fraction of sp³-hybridized carbons (Fsp3) is 0.444. The summed E-state index contributed by atoms with van der Waals surface area (Å²) in [6.45, 7) is 5.94. The maximum Gasteiger partial charge on any atom is 0.131 e. The van der Waals surface area contributed by atoms with E-state index in [9.17, 15) is 4.39 Å². The van der Waals surface area contributed by atoms with Crippen LogP contribution in [0.2, 0.25) is 0 Å². The minimum absolute atomic E-state index is 0.152. The Labute approximate surface area is 125 Å². The molecule has 1 fully saturated rings. The molecule has 3 unspecified atom stereocenters. The Balaban J connectivity index is 2.09. The van der Waals surface area contributed by atoms with Gasteiger partial charge in [0.2, 0.25) is 0 Å². The van der Waals surface area contributed by atoms with Crippen molar-refractivity contribution in [2.45, 2.75) is 32.4 Å². The maximum absolute atomic E-state index is 14.0. The second-order valence-corrected chi connectivity index (χ2v) is 5.75. The third kappa shape index (κ3) is 2.68. The molecule has 0 radical (unpaired) electrons. The maximum atomic E-state index is 14.0. The Bertz CT molecular complexity index is 628. The zero-order valence-electron chi connectivity index (χ0n) is 12.6. The lowest BCUT2D eigenvalue weighted by Gasteiger charge is -2.28. The number of benzene rings is 2.